The van der Waals surface area contributed by atoms with Crippen LogP contribution in [0, 0.1) is 20.8 Å². The van der Waals surface area contributed by atoms with Crippen molar-refractivity contribution < 1.29 is 4.74 Å². The third kappa shape index (κ3) is 3.45. The number of nitrogens with two attached hydrogens (primary N) is 1. The van der Waals surface area contributed by atoms with Gasteiger partial charge in [0.25, 0.3) is 0 Å². The molecule has 0 spiro atoms. The summed E-state index contributed by atoms with van der Waals surface area (Å²) >= 11 is 0. The minimum Gasteiger partial charge on any atom is -0.496 e. The van der Waals surface area contributed by atoms with Crippen LogP contribution >= 0.6 is 0 Å². The van der Waals surface area contributed by atoms with Gasteiger partial charge in [0.15, 0.2) is 0 Å². The molecule has 17 heavy (non-hydrogen) atoms. The highest BCUT2D eigenvalue weighted by Crippen LogP contribution is 2.29. The quantitative estimate of drug-likeness (QED) is 0.739. The van der Waals surface area contributed by atoms with Gasteiger partial charge in [0.2, 0.25) is 0 Å². The van der Waals surface area contributed by atoms with Gasteiger partial charge >= 0.3 is 0 Å². The first-order valence-corrected chi connectivity index (χ1v) is 6.16. The second-order valence-electron chi connectivity index (χ2n) is 4.44. The van der Waals surface area contributed by atoms with Crippen LogP contribution in [-0.2, 0) is 6.42 Å². The first-order valence-electron chi connectivity index (χ1n) is 6.16. The van der Waals surface area contributed by atoms with Gasteiger partial charge in [0.05, 0.1) is 7.11 Å². The van der Waals surface area contributed by atoms with E-state index in [0.29, 0.717) is 6.54 Å². The molecule has 0 amide bonds. The maximum absolute atomic E-state index is 5.54. The topological polar surface area (TPSA) is 47.3 Å². The van der Waals surface area contributed by atoms with Crippen molar-refractivity contribution in [1.82, 2.24) is 5.32 Å². The number of benzene rings is 1. The van der Waals surface area contributed by atoms with Crippen LogP contribution in [0.5, 0.6) is 5.75 Å². The van der Waals surface area contributed by atoms with Crippen LogP contribution in [0.15, 0.2) is 6.07 Å². The van der Waals surface area contributed by atoms with Gasteiger partial charge in [0.1, 0.15) is 5.75 Å². The SMILES string of the molecule is COc1c(C)c(C)cc(C)c1CCNCCN. The van der Waals surface area contributed by atoms with Crippen molar-refractivity contribution in [3.05, 3.63) is 28.3 Å². The molecule has 0 radical (unpaired) electrons. The summed E-state index contributed by atoms with van der Waals surface area (Å²) in [6, 6.07) is 2.23. The number of methoxy groups -OCH3 is 1. The van der Waals surface area contributed by atoms with Crippen molar-refractivity contribution in [2.45, 2.75) is 27.2 Å². The molecule has 0 fully saturated rings. The van der Waals surface area contributed by atoms with E-state index >= 15 is 0 Å². The van der Waals surface area contributed by atoms with Crippen molar-refractivity contribution in [2.75, 3.05) is 26.7 Å². The Balaban J connectivity index is 2.86. The average Bonchev–Trinajstić information content (AvgIpc) is 2.31. The minimum atomic E-state index is 0.684. The highest BCUT2D eigenvalue weighted by Gasteiger charge is 2.11. The minimum absolute atomic E-state index is 0.684. The summed E-state index contributed by atoms with van der Waals surface area (Å²) in [6.45, 7) is 8.88. The number of hydrogen-bond acceptors (Lipinski definition) is 3. The fourth-order valence-corrected chi connectivity index (χ4v) is 2.13. The van der Waals surface area contributed by atoms with Gasteiger partial charge in [0, 0.05) is 13.1 Å². The van der Waals surface area contributed by atoms with Crippen molar-refractivity contribution in [3.8, 4) is 5.75 Å². The Morgan fingerprint density at radius 3 is 2.47 bits per heavy atom. The van der Waals surface area contributed by atoms with E-state index in [2.05, 4.69) is 32.2 Å². The zero-order chi connectivity index (χ0) is 12.8. The average molecular weight is 236 g/mol. The third-order valence-corrected chi connectivity index (χ3v) is 3.19. The maximum atomic E-state index is 5.54. The van der Waals surface area contributed by atoms with E-state index in [-0.39, 0.29) is 0 Å². The Morgan fingerprint density at radius 1 is 1.18 bits per heavy atom. The fourth-order valence-electron chi connectivity index (χ4n) is 2.13. The summed E-state index contributed by atoms with van der Waals surface area (Å²) in [7, 11) is 1.75. The van der Waals surface area contributed by atoms with Crippen LogP contribution in [0.25, 0.3) is 0 Å². The smallest absolute Gasteiger partial charge is 0.125 e. The Labute approximate surface area is 104 Å². The first kappa shape index (κ1) is 14.0. The summed E-state index contributed by atoms with van der Waals surface area (Å²) in [6.07, 6.45) is 0.982. The lowest BCUT2D eigenvalue weighted by atomic mass is 9.97. The number of nitrogens with one attached hydrogen (secondary N) is 1. The molecule has 0 aromatic heterocycles. The molecule has 0 saturated carbocycles. The summed E-state index contributed by atoms with van der Waals surface area (Å²) in [5.41, 5.74) is 10.6. The molecule has 0 saturated heterocycles. The van der Waals surface area contributed by atoms with Gasteiger partial charge in [-0.1, -0.05) is 6.07 Å². The predicted molar refractivity (Wildman–Crippen MR) is 72.8 cm³/mol. The van der Waals surface area contributed by atoms with Gasteiger partial charge < -0.3 is 15.8 Å². The molecule has 3 N–H and O–H groups in total. The summed E-state index contributed by atoms with van der Waals surface area (Å²) in [5, 5.41) is 3.32. The number of ether oxygens (including phenoxy) is 1. The monoisotopic (exact) mass is 236 g/mol. The van der Waals surface area contributed by atoms with Gasteiger partial charge in [-0.25, -0.2) is 0 Å². The van der Waals surface area contributed by atoms with Gasteiger partial charge in [-0.2, -0.15) is 0 Å². The molecule has 1 aromatic rings. The van der Waals surface area contributed by atoms with Crippen molar-refractivity contribution in [2.24, 2.45) is 5.73 Å². The molecule has 0 aliphatic carbocycles. The Bertz CT molecular complexity index is 375. The largest absolute Gasteiger partial charge is 0.496 e. The van der Waals surface area contributed by atoms with E-state index < -0.39 is 0 Å². The van der Waals surface area contributed by atoms with E-state index in [4.69, 9.17) is 10.5 Å². The second-order valence-corrected chi connectivity index (χ2v) is 4.44. The normalized spacial score (nSPS) is 10.6. The lowest BCUT2D eigenvalue weighted by molar-refractivity contribution is 0.405. The standard InChI is InChI=1S/C14H24N2O/c1-10-9-11(2)13(5-7-16-8-6-15)14(17-4)12(10)3/h9,16H,5-8,15H2,1-4H3. The first-order chi connectivity index (χ1) is 8.11. The van der Waals surface area contributed by atoms with E-state index in [1.165, 1.54) is 22.3 Å². The molecule has 0 aliphatic heterocycles. The van der Waals surface area contributed by atoms with E-state index in [0.717, 1.165) is 25.3 Å². The molecule has 0 aliphatic rings. The lowest BCUT2D eigenvalue weighted by Crippen LogP contribution is -2.24. The van der Waals surface area contributed by atoms with Crippen LogP contribution in [0.1, 0.15) is 22.3 Å². The van der Waals surface area contributed by atoms with Gasteiger partial charge in [-0.15, -0.1) is 0 Å². The Kier molecular flexibility index (Phi) is 5.45. The molecule has 0 heterocycles. The number of rotatable bonds is 6. The van der Waals surface area contributed by atoms with Gasteiger partial charge in [-0.05, 0) is 56.0 Å². The van der Waals surface area contributed by atoms with Gasteiger partial charge in [-0.3, -0.25) is 0 Å². The third-order valence-electron chi connectivity index (χ3n) is 3.19. The summed E-state index contributed by atoms with van der Waals surface area (Å²) in [4.78, 5) is 0. The summed E-state index contributed by atoms with van der Waals surface area (Å²) in [5.74, 6) is 1.04. The Morgan fingerprint density at radius 2 is 1.88 bits per heavy atom. The van der Waals surface area contributed by atoms with E-state index in [9.17, 15) is 0 Å². The number of hydrogen-bond donors (Lipinski definition) is 2. The maximum Gasteiger partial charge on any atom is 0.125 e. The van der Waals surface area contributed by atoms with Crippen LogP contribution in [0.4, 0.5) is 0 Å². The summed E-state index contributed by atoms with van der Waals surface area (Å²) < 4.78 is 5.54. The van der Waals surface area contributed by atoms with E-state index in [1.54, 1.807) is 7.11 Å². The Hall–Kier alpha value is -1.06. The highest BCUT2D eigenvalue weighted by molar-refractivity contribution is 5.49. The number of aryl methyl sites for hydroxylation is 2. The van der Waals surface area contributed by atoms with Crippen molar-refractivity contribution >= 4 is 0 Å². The molecule has 96 valence electrons. The fraction of sp³-hybridized carbons (Fsp3) is 0.571. The highest BCUT2D eigenvalue weighted by atomic mass is 16.5. The molecule has 1 aromatic carbocycles. The van der Waals surface area contributed by atoms with Crippen LogP contribution in [-0.4, -0.2) is 26.7 Å². The molecule has 3 heteroatoms. The zero-order valence-electron chi connectivity index (χ0n) is 11.4. The van der Waals surface area contributed by atoms with Crippen LogP contribution in [0.2, 0.25) is 0 Å². The second kappa shape index (κ2) is 6.62. The van der Waals surface area contributed by atoms with Crippen LogP contribution in [0.3, 0.4) is 0 Å². The molecule has 3 nitrogen and oxygen atoms in total. The molecule has 0 atom stereocenters. The van der Waals surface area contributed by atoms with E-state index in [1.807, 2.05) is 0 Å². The van der Waals surface area contributed by atoms with Crippen molar-refractivity contribution in [3.63, 3.8) is 0 Å². The molecule has 1 rings (SSSR count). The lowest BCUT2D eigenvalue weighted by Gasteiger charge is -2.16. The molecule has 0 bridgehead atoms. The van der Waals surface area contributed by atoms with Crippen LogP contribution < -0.4 is 15.8 Å². The predicted octanol–water partition coefficient (Wildman–Crippen LogP) is 1.71. The van der Waals surface area contributed by atoms with Crippen molar-refractivity contribution in [1.29, 1.82) is 0 Å². The molecular weight excluding hydrogens is 212 g/mol. The zero-order valence-corrected chi connectivity index (χ0v) is 11.4. The molecule has 0 unspecified atom stereocenters. The molecular formula is C14H24N2O.